The topological polar surface area (TPSA) is 85.8 Å². The van der Waals surface area contributed by atoms with Crippen molar-refractivity contribution in [2.45, 2.75) is 18.8 Å². The van der Waals surface area contributed by atoms with E-state index in [9.17, 15) is 9.18 Å². The van der Waals surface area contributed by atoms with Crippen LogP contribution in [0.4, 0.5) is 10.1 Å². The second-order valence-electron chi connectivity index (χ2n) is 6.89. The van der Waals surface area contributed by atoms with E-state index >= 15 is 0 Å². The third-order valence-corrected chi connectivity index (χ3v) is 5.65. The van der Waals surface area contributed by atoms with Gasteiger partial charge in [0, 0.05) is 18.5 Å². The first-order chi connectivity index (χ1) is 14.1. The average Bonchev–Trinajstić information content (AvgIpc) is 3.10. The molecule has 1 amide bonds. The molecule has 1 N–H and O–H groups in total. The molecule has 0 aliphatic heterocycles. The largest absolute Gasteiger partial charge is 0.333 e. The fourth-order valence-corrected chi connectivity index (χ4v) is 3.81. The average molecular weight is 409 g/mol. The first-order valence-electron chi connectivity index (χ1n) is 9.11. The Kier molecular flexibility index (Phi) is 4.24. The lowest BCUT2D eigenvalue weighted by Crippen LogP contribution is -2.16. The third-order valence-electron chi connectivity index (χ3n) is 4.74. The Morgan fingerprint density at radius 1 is 1.28 bits per heavy atom. The van der Waals surface area contributed by atoms with Crippen molar-refractivity contribution in [1.29, 1.82) is 0 Å². The number of halogens is 1. The lowest BCUT2D eigenvalue weighted by molar-refractivity contribution is 0.101. The highest BCUT2D eigenvalue weighted by Gasteiger charge is 2.29. The summed E-state index contributed by atoms with van der Waals surface area (Å²) < 4.78 is 20.0. The number of amides is 1. The Bertz CT molecular complexity index is 1190. The summed E-state index contributed by atoms with van der Waals surface area (Å²) in [5.41, 5.74) is 2.31. The molecule has 0 atom stereocenters. The molecule has 5 rings (SSSR count). The number of carbonyl (C=O) groups is 1. The zero-order valence-electron chi connectivity index (χ0n) is 15.4. The summed E-state index contributed by atoms with van der Waals surface area (Å²) in [6.45, 7) is 0. The molecule has 3 heterocycles. The minimum atomic E-state index is -0.321. The number of thiophene rings is 1. The van der Waals surface area contributed by atoms with Gasteiger partial charge in [0.15, 0.2) is 5.82 Å². The molecule has 0 radical (unpaired) electrons. The molecule has 1 fully saturated rings. The molecule has 1 aliphatic carbocycles. The van der Waals surface area contributed by atoms with Crippen molar-refractivity contribution < 1.29 is 13.7 Å². The van der Waals surface area contributed by atoms with Gasteiger partial charge in [0.05, 0.1) is 11.4 Å². The van der Waals surface area contributed by atoms with Crippen molar-refractivity contribution >= 4 is 22.9 Å². The highest BCUT2D eigenvalue weighted by molar-refractivity contribution is 7.14. The molecule has 146 valence electrons. The molecule has 1 saturated carbocycles. The van der Waals surface area contributed by atoms with Gasteiger partial charge in [0.2, 0.25) is 0 Å². The standard InChI is InChI=1S/C20H16FN5O2S/c1-26-16(10-15(24-26)11-4-6-13(21)7-5-11)19(27)22-14-8-9-29-17(14)20-23-18(25-28-20)12-2-3-12/h4-10,12H,2-3H2,1H3,(H,22,27). The monoisotopic (exact) mass is 409 g/mol. The van der Waals surface area contributed by atoms with Gasteiger partial charge in [-0.15, -0.1) is 11.3 Å². The van der Waals surface area contributed by atoms with E-state index in [2.05, 4.69) is 20.6 Å². The summed E-state index contributed by atoms with van der Waals surface area (Å²) in [5, 5.41) is 13.2. The Morgan fingerprint density at radius 2 is 2.07 bits per heavy atom. The van der Waals surface area contributed by atoms with E-state index in [0.29, 0.717) is 28.9 Å². The van der Waals surface area contributed by atoms with Crippen LogP contribution in [0.1, 0.15) is 35.1 Å². The van der Waals surface area contributed by atoms with E-state index in [4.69, 9.17) is 4.52 Å². The van der Waals surface area contributed by atoms with Crippen LogP contribution >= 0.6 is 11.3 Å². The van der Waals surface area contributed by atoms with Crippen LogP contribution in [-0.2, 0) is 7.05 Å². The first kappa shape index (κ1) is 17.7. The minimum Gasteiger partial charge on any atom is -0.333 e. The third kappa shape index (κ3) is 3.44. The molecule has 0 saturated heterocycles. The van der Waals surface area contributed by atoms with Crippen molar-refractivity contribution in [2.75, 3.05) is 5.32 Å². The first-order valence-corrected chi connectivity index (χ1v) is 9.99. The van der Waals surface area contributed by atoms with Crippen LogP contribution in [-0.4, -0.2) is 25.8 Å². The number of rotatable bonds is 5. The molecule has 1 aliphatic rings. The van der Waals surface area contributed by atoms with Crippen molar-refractivity contribution in [3.63, 3.8) is 0 Å². The maximum atomic E-state index is 13.1. The van der Waals surface area contributed by atoms with Gasteiger partial charge in [-0.1, -0.05) is 5.16 Å². The van der Waals surface area contributed by atoms with Gasteiger partial charge in [0.25, 0.3) is 11.8 Å². The van der Waals surface area contributed by atoms with E-state index in [-0.39, 0.29) is 11.7 Å². The second-order valence-corrected chi connectivity index (χ2v) is 7.81. The van der Waals surface area contributed by atoms with Crippen LogP contribution in [0.25, 0.3) is 22.0 Å². The van der Waals surface area contributed by atoms with E-state index < -0.39 is 0 Å². The Balaban J connectivity index is 1.38. The zero-order valence-corrected chi connectivity index (χ0v) is 16.2. The van der Waals surface area contributed by atoms with E-state index in [1.54, 1.807) is 31.3 Å². The van der Waals surface area contributed by atoms with Gasteiger partial charge >= 0.3 is 0 Å². The summed E-state index contributed by atoms with van der Waals surface area (Å²) in [6, 6.07) is 9.46. The van der Waals surface area contributed by atoms with Gasteiger partial charge in [-0.3, -0.25) is 9.48 Å². The number of benzene rings is 1. The van der Waals surface area contributed by atoms with Gasteiger partial charge in [-0.05, 0) is 54.6 Å². The maximum absolute atomic E-state index is 13.1. The minimum absolute atomic E-state index is 0.310. The molecular formula is C20H16FN5O2S. The van der Waals surface area contributed by atoms with Crippen LogP contribution < -0.4 is 5.32 Å². The number of hydrogen-bond donors (Lipinski definition) is 1. The fourth-order valence-electron chi connectivity index (χ4n) is 3.04. The van der Waals surface area contributed by atoms with E-state index in [1.807, 2.05) is 5.38 Å². The van der Waals surface area contributed by atoms with Crippen molar-refractivity contribution in [1.82, 2.24) is 19.9 Å². The summed E-state index contributed by atoms with van der Waals surface area (Å²) in [6.07, 6.45) is 2.17. The van der Waals surface area contributed by atoms with Crippen molar-refractivity contribution in [3.05, 3.63) is 59.1 Å². The van der Waals surface area contributed by atoms with Gasteiger partial charge in [-0.2, -0.15) is 10.1 Å². The second kappa shape index (κ2) is 6.93. The SMILES string of the molecule is Cn1nc(-c2ccc(F)cc2)cc1C(=O)Nc1ccsc1-c1nc(C2CC2)no1. The quantitative estimate of drug-likeness (QED) is 0.526. The van der Waals surface area contributed by atoms with E-state index in [0.717, 1.165) is 29.1 Å². The molecule has 9 heteroatoms. The molecule has 7 nitrogen and oxygen atoms in total. The smallest absolute Gasteiger partial charge is 0.273 e. The lowest BCUT2D eigenvalue weighted by Gasteiger charge is -2.04. The van der Waals surface area contributed by atoms with Gasteiger partial charge < -0.3 is 9.84 Å². The number of anilines is 1. The number of nitrogens with one attached hydrogen (secondary N) is 1. The van der Waals surface area contributed by atoms with Crippen LogP contribution in [0.5, 0.6) is 0 Å². The van der Waals surface area contributed by atoms with Crippen LogP contribution in [0.2, 0.25) is 0 Å². The van der Waals surface area contributed by atoms with Crippen LogP contribution in [0, 0.1) is 5.82 Å². The summed E-state index contributed by atoms with van der Waals surface area (Å²) in [4.78, 5) is 18.0. The number of aryl methyl sites for hydroxylation is 1. The number of carbonyl (C=O) groups excluding carboxylic acids is 1. The van der Waals surface area contributed by atoms with Gasteiger partial charge in [-0.25, -0.2) is 4.39 Å². The number of aromatic nitrogens is 4. The fraction of sp³-hybridized carbons (Fsp3) is 0.200. The predicted molar refractivity (Wildman–Crippen MR) is 106 cm³/mol. The maximum Gasteiger partial charge on any atom is 0.273 e. The Labute approximate surface area is 169 Å². The summed E-state index contributed by atoms with van der Waals surface area (Å²) in [7, 11) is 1.69. The number of hydrogen-bond acceptors (Lipinski definition) is 6. The zero-order chi connectivity index (χ0) is 20.0. The predicted octanol–water partition coefficient (Wildman–Crippen LogP) is 4.47. The highest BCUT2D eigenvalue weighted by atomic mass is 32.1. The van der Waals surface area contributed by atoms with Crippen molar-refractivity contribution in [3.8, 4) is 22.0 Å². The molecular weight excluding hydrogens is 393 g/mol. The summed E-state index contributed by atoms with van der Waals surface area (Å²) >= 11 is 1.42. The highest BCUT2D eigenvalue weighted by Crippen LogP contribution is 2.40. The number of nitrogens with zero attached hydrogens (tertiary/aromatic N) is 4. The lowest BCUT2D eigenvalue weighted by atomic mass is 10.1. The summed E-state index contributed by atoms with van der Waals surface area (Å²) in [5.74, 6) is 0.897. The van der Waals surface area contributed by atoms with Crippen LogP contribution in [0.15, 0.2) is 46.3 Å². The van der Waals surface area contributed by atoms with Crippen LogP contribution in [0.3, 0.4) is 0 Å². The normalized spacial score (nSPS) is 13.6. The molecule has 1 aromatic carbocycles. The van der Waals surface area contributed by atoms with Gasteiger partial charge in [0.1, 0.15) is 16.4 Å². The molecule has 0 unspecified atom stereocenters. The molecule has 29 heavy (non-hydrogen) atoms. The van der Waals surface area contributed by atoms with Crippen molar-refractivity contribution in [2.24, 2.45) is 7.05 Å². The molecule has 3 aromatic heterocycles. The Hall–Kier alpha value is -3.33. The van der Waals surface area contributed by atoms with E-state index in [1.165, 1.54) is 28.2 Å². The Morgan fingerprint density at radius 3 is 2.83 bits per heavy atom. The molecule has 0 spiro atoms. The molecule has 4 aromatic rings. The molecule has 0 bridgehead atoms.